The molecule has 0 N–H and O–H groups in total. The second-order valence-corrected chi connectivity index (χ2v) is 6.34. The van der Waals surface area contributed by atoms with Crippen LogP contribution in [0.15, 0.2) is 30.3 Å². The lowest BCUT2D eigenvalue weighted by Crippen LogP contribution is -2.52. The van der Waals surface area contributed by atoms with Crippen LogP contribution in [-0.2, 0) is 0 Å². The van der Waals surface area contributed by atoms with E-state index in [1.807, 2.05) is 23.1 Å². The molecule has 1 amide bonds. The lowest BCUT2D eigenvalue weighted by atomic mass is 10.2. The first-order chi connectivity index (χ1) is 9.15. The summed E-state index contributed by atoms with van der Waals surface area (Å²) in [5, 5.41) is 1.16. The van der Waals surface area contributed by atoms with Gasteiger partial charge in [0.25, 0.3) is 5.91 Å². The van der Waals surface area contributed by atoms with Crippen LogP contribution in [0.3, 0.4) is 0 Å². The van der Waals surface area contributed by atoms with Crippen molar-refractivity contribution in [2.24, 2.45) is 0 Å². The zero-order chi connectivity index (χ0) is 13.4. The highest BCUT2D eigenvalue weighted by Crippen LogP contribution is 2.27. The van der Waals surface area contributed by atoms with Gasteiger partial charge >= 0.3 is 0 Å². The van der Waals surface area contributed by atoms with Crippen LogP contribution in [0, 0.1) is 0 Å². The Morgan fingerprint density at radius 3 is 2.84 bits per heavy atom. The standard InChI is InChI=1S/C15H18N2OS/c1-11-10-16(2)7-8-17(11)15(18)14-9-12-5-3-4-6-13(12)19-14/h3-6,9,11H,7-8,10H2,1-2H3. The van der Waals surface area contributed by atoms with Crippen LogP contribution in [0.4, 0.5) is 0 Å². The average molecular weight is 274 g/mol. The third-order valence-corrected chi connectivity index (χ3v) is 4.83. The largest absolute Gasteiger partial charge is 0.333 e. The summed E-state index contributed by atoms with van der Waals surface area (Å²) >= 11 is 1.60. The zero-order valence-corrected chi connectivity index (χ0v) is 12.1. The number of piperazine rings is 1. The summed E-state index contributed by atoms with van der Waals surface area (Å²) < 4.78 is 1.19. The molecule has 0 saturated carbocycles. The Hall–Kier alpha value is -1.39. The van der Waals surface area contributed by atoms with Gasteiger partial charge in [-0.3, -0.25) is 4.79 Å². The Morgan fingerprint density at radius 1 is 1.32 bits per heavy atom. The number of amides is 1. The van der Waals surface area contributed by atoms with Crippen LogP contribution in [-0.4, -0.2) is 48.4 Å². The van der Waals surface area contributed by atoms with E-state index in [2.05, 4.69) is 31.0 Å². The smallest absolute Gasteiger partial charge is 0.264 e. The molecule has 0 spiro atoms. The molecule has 4 heteroatoms. The summed E-state index contributed by atoms with van der Waals surface area (Å²) in [5.41, 5.74) is 0. The quantitative estimate of drug-likeness (QED) is 0.798. The predicted molar refractivity (Wildman–Crippen MR) is 79.8 cm³/mol. The van der Waals surface area contributed by atoms with Gasteiger partial charge in [-0.25, -0.2) is 0 Å². The van der Waals surface area contributed by atoms with Gasteiger partial charge in [-0.05, 0) is 31.5 Å². The molecule has 1 saturated heterocycles. The monoisotopic (exact) mass is 274 g/mol. The van der Waals surface area contributed by atoms with Crippen molar-refractivity contribution in [3.63, 3.8) is 0 Å². The number of hydrogen-bond acceptors (Lipinski definition) is 3. The molecular weight excluding hydrogens is 256 g/mol. The fourth-order valence-electron chi connectivity index (χ4n) is 2.67. The Labute approximate surface area is 117 Å². The Balaban J connectivity index is 1.87. The van der Waals surface area contributed by atoms with Crippen molar-refractivity contribution in [3.8, 4) is 0 Å². The molecule has 3 nitrogen and oxygen atoms in total. The van der Waals surface area contributed by atoms with Crippen LogP contribution in [0.5, 0.6) is 0 Å². The first kappa shape index (κ1) is 12.6. The van der Waals surface area contributed by atoms with E-state index in [9.17, 15) is 4.79 Å². The second kappa shape index (κ2) is 4.94. The Bertz CT molecular complexity index is 574. The summed E-state index contributed by atoms with van der Waals surface area (Å²) in [4.78, 5) is 17.7. The van der Waals surface area contributed by atoms with Gasteiger partial charge in [0.05, 0.1) is 4.88 Å². The lowest BCUT2D eigenvalue weighted by molar-refractivity contribution is 0.0538. The van der Waals surface area contributed by atoms with Gasteiger partial charge in [0.2, 0.25) is 0 Å². The summed E-state index contributed by atoms with van der Waals surface area (Å²) in [6.07, 6.45) is 0. The van der Waals surface area contributed by atoms with Gasteiger partial charge in [-0.1, -0.05) is 18.2 Å². The van der Waals surface area contributed by atoms with E-state index in [0.29, 0.717) is 0 Å². The minimum Gasteiger partial charge on any atom is -0.333 e. The number of carbonyl (C=O) groups excluding carboxylic acids is 1. The molecule has 19 heavy (non-hydrogen) atoms. The summed E-state index contributed by atoms with van der Waals surface area (Å²) in [6, 6.07) is 10.5. The Morgan fingerprint density at radius 2 is 2.11 bits per heavy atom. The van der Waals surface area contributed by atoms with E-state index in [4.69, 9.17) is 0 Å². The SMILES string of the molecule is CC1CN(C)CCN1C(=O)c1cc2ccccc2s1. The molecule has 2 aromatic rings. The van der Waals surface area contributed by atoms with Gasteiger partial charge in [0.1, 0.15) is 0 Å². The number of benzene rings is 1. The van der Waals surface area contributed by atoms with E-state index in [-0.39, 0.29) is 11.9 Å². The summed E-state index contributed by atoms with van der Waals surface area (Å²) in [5.74, 6) is 0.182. The fourth-order valence-corrected chi connectivity index (χ4v) is 3.69. The molecule has 1 aliphatic rings. The number of fused-ring (bicyclic) bond motifs is 1. The highest BCUT2D eigenvalue weighted by molar-refractivity contribution is 7.20. The first-order valence-corrected chi connectivity index (χ1v) is 7.45. The van der Waals surface area contributed by atoms with Crippen molar-refractivity contribution in [2.45, 2.75) is 13.0 Å². The number of thiophene rings is 1. The van der Waals surface area contributed by atoms with E-state index in [0.717, 1.165) is 29.9 Å². The first-order valence-electron chi connectivity index (χ1n) is 6.63. The maximum atomic E-state index is 12.6. The van der Waals surface area contributed by atoms with Gasteiger partial charge in [0.15, 0.2) is 0 Å². The summed E-state index contributed by atoms with van der Waals surface area (Å²) in [7, 11) is 2.11. The minimum atomic E-state index is 0.182. The average Bonchev–Trinajstić information content (AvgIpc) is 2.81. The maximum Gasteiger partial charge on any atom is 0.264 e. The normalized spacial score (nSPS) is 20.9. The van der Waals surface area contributed by atoms with Crippen LogP contribution in [0.25, 0.3) is 10.1 Å². The molecule has 1 aliphatic heterocycles. The molecule has 1 fully saturated rings. The molecule has 3 rings (SSSR count). The number of carbonyl (C=O) groups is 1. The van der Waals surface area contributed by atoms with Crippen LogP contribution in [0.1, 0.15) is 16.6 Å². The van der Waals surface area contributed by atoms with Gasteiger partial charge < -0.3 is 9.80 Å². The van der Waals surface area contributed by atoms with Gasteiger partial charge in [0, 0.05) is 30.4 Å². The van der Waals surface area contributed by atoms with Crippen molar-refractivity contribution in [1.29, 1.82) is 0 Å². The van der Waals surface area contributed by atoms with Crippen molar-refractivity contribution in [2.75, 3.05) is 26.7 Å². The van der Waals surface area contributed by atoms with Crippen LogP contribution >= 0.6 is 11.3 Å². The molecule has 0 aliphatic carbocycles. The second-order valence-electron chi connectivity index (χ2n) is 5.26. The van der Waals surface area contributed by atoms with Crippen molar-refractivity contribution < 1.29 is 4.79 Å². The molecule has 100 valence electrons. The molecule has 0 bridgehead atoms. The van der Waals surface area contributed by atoms with Crippen LogP contribution < -0.4 is 0 Å². The van der Waals surface area contributed by atoms with E-state index < -0.39 is 0 Å². The number of rotatable bonds is 1. The molecule has 0 radical (unpaired) electrons. The highest BCUT2D eigenvalue weighted by atomic mass is 32.1. The van der Waals surface area contributed by atoms with E-state index in [1.54, 1.807) is 11.3 Å². The zero-order valence-electron chi connectivity index (χ0n) is 11.3. The highest BCUT2D eigenvalue weighted by Gasteiger charge is 2.27. The minimum absolute atomic E-state index is 0.182. The third kappa shape index (κ3) is 2.38. The van der Waals surface area contributed by atoms with E-state index in [1.165, 1.54) is 4.70 Å². The number of nitrogens with zero attached hydrogens (tertiary/aromatic N) is 2. The van der Waals surface area contributed by atoms with Crippen molar-refractivity contribution in [3.05, 3.63) is 35.2 Å². The molecule has 1 unspecified atom stereocenters. The lowest BCUT2D eigenvalue weighted by Gasteiger charge is -2.38. The van der Waals surface area contributed by atoms with Crippen molar-refractivity contribution >= 4 is 27.3 Å². The third-order valence-electron chi connectivity index (χ3n) is 3.73. The van der Waals surface area contributed by atoms with Gasteiger partial charge in [-0.15, -0.1) is 11.3 Å². The number of likely N-dealkylation sites (N-methyl/N-ethyl adjacent to an activating group) is 1. The maximum absolute atomic E-state index is 12.6. The molecule has 2 heterocycles. The topological polar surface area (TPSA) is 23.6 Å². The van der Waals surface area contributed by atoms with E-state index >= 15 is 0 Å². The van der Waals surface area contributed by atoms with Gasteiger partial charge in [-0.2, -0.15) is 0 Å². The molecular formula is C15H18N2OS. The Kier molecular flexibility index (Phi) is 3.29. The summed E-state index contributed by atoms with van der Waals surface area (Å²) in [6.45, 7) is 4.86. The van der Waals surface area contributed by atoms with Crippen LogP contribution in [0.2, 0.25) is 0 Å². The molecule has 1 aromatic carbocycles. The molecule has 1 aromatic heterocycles. The number of hydrogen-bond donors (Lipinski definition) is 0. The predicted octanol–water partition coefficient (Wildman–Crippen LogP) is 2.68. The van der Waals surface area contributed by atoms with Crippen molar-refractivity contribution in [1.82, 2.24) is 9.80 Å². The fraction of sp³-hybridized carbons (Fsp3) is 0.400. The molecule has 1 atom stereocenters.